The van der Waals surface area contributed by atoms with Gasteiger partial charge in [0.25, 0.3) is 5.91 Å². The number of aromatic nitrogens is 3. The first-order valence-corrected chi connectivity index (χ1v) is 11.1. The van der Waals surface area contributed by atoms with Gasteiger partial charge in [-0.1, -0.05) is 11.6 Å². The van der Waals surface area contributed by atoms with Crippen LogP contribution in [-0.2, 0) is 0 Å². The number of rotatable bonds is 10. The Labute approximate surface area is 197 Å². The third kappa shape index (κ3) is 5.80. The van der Waals surface area contributed by atoms with E-state index in [9.17, 15) is 18.0 Å². The summed E-state index contributed by atoms with van der Waals surface area (Å²) in [6, 6.07) is 4.51. The van der Waals surface area contributed by atoms with Crippen LogP contribution in [-0.4, -0.2) is 46.7 Å². The molecule has 1 aliphatic rings. The zero-order chi connectivity index (χ0) is 24.2. The van der Waals surface area contributed by atoms with Gasteiger partial charge in [-0.25, -0.2) is 9.67 Å². The van der Waals surface area contributed by atoms with E-state index in [0.29, 0.717) is 10.7 Å². The highest BCUT2D eigenvalue weighted by atomic mass is 35.5. The largest absolute Gasteiger partial charge is 0.477 e. The van der Waals surface area contributed by atoms with Crippen molar-refractivity contribution in [1.82, 2.24) is 24.8 Å². The van der Waals surface area contributed by atoms with E-state index in [-0.39, 0.29) is 42.5 Å². The van der Waals surface area contributed by atoms with E-state index in [1.54, 1.807) is 14.0 Å². The van der Waals surface area contributed by atoms with Crippen molar-refractivity contribution < 1.29 is 22.7 Å². The molecule has 0 atom stereocenters. The molecule has 1 saturated carbocycles. The number of amides is 1. The Morgan fingerprint density at radius 3 is 2.70 bits per heavy atom. The van der Waals surface area contributed by atoms with Gasteiger partial charge < -0.3 is 15.5 Å². The summed E-state index contributed by atoms with van der Waals surface area (Å²) >= 11 is 7.14. The second-order valence-corrected chi connectivity index (χ2v) is 8.61. The number of hydrogen-bond acceptors (Lipinski definition) is 7. The van der Waals surface area contributed by atoms with Crippen molar-refractivity contribution in [3.05, 3.63) is 45.7 Å². The van der Waals surface area contributed by atoms with Crippen LogP contribution in [0.5, 0.6) is 5.88 Å². The van der Waals surface area contributed by atoms with E-state index in [4.69, 9.17) is 21.7 Å². The number of carbonyl (C=O) groups is 1. The number of hydrogen-bond donors (Lipinski definition) is 3. The number of pyridine rings is 1. The molecule has 2 heterocycles. The molecular weight excluding hydrogens is 481 g/mol. The fourth-order valence-electron chi connectivity index (χ4n) is 2.90. The summed E-state index contributed by atoms with van der Waals surface area (Å²) in [5.74, 6) is -0.0236. The first kappa shape index (κ1) is 24.9. The Morgan fingerprint density at radius 1 is 1.39 bits per heavy atom. The molecular formula is C20H22ClF3N6O2S. The van der Waals surface area contributed by atoms with Gasteiger partial charge in [0.15, 0.2) is 5.82 Å². The van der Waals surface area contributed by atoms with Crippen LogP contribution in [0.2, 0.25) is 5.15 Å². The smallest absolute Gasteiger partial charge is 0.394 e. The SMILES string of the molecule is CN/C(C)=C(\C=N)SNC(=O)c1ccc(-n2ccc(OCCC3(C(F)(F)F)CC3)n2)nc1Cl. The standard InChI is InChI=1S/C20H22ClF3N6O2S/c1-12(26-2)14(11-25)33-29-18(31)13-3-4-15(27-17(13)21)30-9-5-16(28-30)32-10-8-19(6-7-19)20(22,23)24/h3-5,9,11,25-26H,6-8,10H2,1-2H3,(H,29,31)/b14-12+,25-11?. The summed E-state index contributed by atoms with van der Waals surface area (Å²) in [5.41, 5.74) is -0.775. The van der Waals surface area contributed by atoms with Crippen LogP contribution >= 0.6 is 23.5 Å². The van der Waals surface area contributed by atoms with E-state index in [2.05, 4.69) is 20.1 Å². The monoisotopic (exact) mass is 502 g/mol. The maximum Gasteiger partial charge on any atom is 0.394 e. The van der Waals surface area contributed by atoms with Crippen LogP contribution in [0.1, 0.15) is 36.5 Å². The maximum atomic E-state index is 13.0. The molecule has 0 spiro atoms. The highest BCUT2D eigenvalue weighted by Gasteiger charge is 2.62. The van der Waals surface area contributed by atoms with E-state index in [1.807, 2.05) is 0 Å². The molecule has 0 saturated heterocycles. The molecule has 0 aromatic carbocycles. The average Bonchev–Trinajstić information content (AvgIpc) is 3.43. The molecule has 1 amide bonds. The van der Waals surface area contributed by atoms with E-state index < -0.39 is 17.5 Å². The lowest BCUT2D eigenvalue weighted by Crippen LogP contribution is -2.26. The molecule has 1 fully saturated rings. The second kappa shape index (κ2) is 10.0. The van der Waals surface area contributed by atoms with Crippen molar-refractivity contribution in [2.45, 2.75) is 32.4 Å². The van der Waals surface area contributed by atoms with Crippen molar-refractivity contribution in [3.8, 4) is 11.7 Å². The highest BCUT2D eigenvalue weighted by molar-refractivity contribution is 8.02. The minimum atomic E-state index is -4.22. The Kier molecular flexibility index (Phi) is 7.58. The Bertz CT molecular complexity index is 1070. The first-order chi connectivity index (χ1) is 15.6. The van der Waals surface area contributed by atoms with E-state index in [1.165, 1.54) is 29.1 Å². The molecule has 0 radical (unpaired) electrons. The highest BCUT2D eigenvalue weighted by Crippen LogP contribution is 2.59. The van der Waals surface area contributed by atoms with Gasteiger partial charge in [-0.2, -0.15) is 13.2 Å². The fraction of sp³-hybridized carbons (Fsp3) is 0.400. The Balaban J connectivity index is 1.60. The topological polar surface area (TPSA) is 105 Å². The average molecular weight is 503 g/mol. The molecule has 8 nitrogen and oxygen atoms in total. The van der Waals surface area contributed by atoms with Crippen molar-refractivity contribution >= 4 is 35.7 Å². The van der Waals surface area contributed by atoms with Gasteiger partial charge >= 0.3 is 6.18 Å². The van der Waals surface area contributed by atoms with Gasteiger partial charge in [0, 0.05) is 31.2 Å². The van der Waals surface area contributed by atoms with Gasteiger partial charge in [0.2, 0.25) is 5.88 Å². The summed E-state index contributed by atoms with van der Waals surface area (Å²) < 4.78 is 48.3. The molecule has 0 unspecified atom stereocenters. The van der Waals surface area contributed by atoms with Crippen molar-refractivity contribution in [2.24, 2.45) is 5.41 Å². The van der Waals surface area contributed by atoms with Gasteiger partial charge in [-0.05, 0) is 50.3 Å². The lowest BCUT2D eigenvalue weighted by molar-refractivity contribution is -0.190. The van der Waals surface area contributed by atoms with Crippen molar-refractivity contribution in [3.63, 3.8) is 0 Å². The lowest BCUT2D eigenvalue weighted by Gasteiger charge is -2.18. The fourth-order valence-corrected chi connectivity index (χ4v) is 3.77. The normalized spacial score (nSPS) is 15.5. The molecule has 178 valence electrons. The zero-order valence-corrected chi connectivity index (χ0v) is 19.4. The number of alkyl halides is 3. The minimum Gasteiger partial charge on any atom is -0.477 e. The first-order valence-electron chi connectivity index (χ1n) is 9.88. The van der Waals surface area contributed by atoms with Gasteiger partial charge in [-0.3, -0.25) is 9.52 Å². The number of ether oxygens (including phenoxy) is 1. The predicted octanol–water partition coefficient (Wildman–Crippen LogP) is 4.51. The molecule has 13 heteroatoms. The van der Waals surface area contributed by atoms with Crippen LogP contribution in [0.15, 0.2) is 35.0 Å². The molecule has 0 bridgehead atoms. The zero-order valence-electron chi connectivity index (χ0n) is 17.8. The minimum absolute atomic E-state index is 0.0601. The quantitative estimate of drug-likeness (QED) is 0.251. The summed E-state index contributed by atoms with van der Waals surface area (Å²) in [6.45, 7) is 1.67. The van der Waals surface area contributed by atoms with Crippen LogP contribution < -0.4 is 14.8 Å². The summed E-state index contributed by atoms with van der Waals surface area (Å²) in [4.78, 5) is 17.1. The Morgan fingerprint density at radius 2 is 2.12 bits per heavy atom. The number of nitrogens with one attached hydrogen (secondary N) is 3. The van der Waals surface area contributed by atoms with Crippen LogP contribution in [0.3, 0.4) is 0 Å². The van der Waals surface area contributed by atoms with Crippen LogP contribution in [0.25, 0.3) is 5.82 Å². The third-order valence-corrected chi connectivity index (χ3v) is 6.51. The van der Waals surface area contributed by atoms with Gasteiger partial charge in [0.05, 0.1) is 22.5 Å². The number of nitrogens with zero attached hydrogens (tertiary/aromatic N) is 3. The summed E-state index contributed by atoms with van der Waals surface area (Å²) in [7, 11) is 1.71. The van der Waals surface area contributed by atoms with Crippen molar-refractivity contribution in [1.29, 1.82) is 5.41 Å². The number of carbonyl (C=O) groups excluding carboxylic acids is 1. The second-order valence-electron chi connectivity index (χ2n) is 7.40. The number of allylic oxidation sites excluding steroid dienone is 2. The van der Waals surface area contributed by atoms with Crippen LogP contribution in [0.4, 0.5) is 13.2 Å². The molecule has 2 aromatic heterocycles. The summed E-state index contributed by atoms with van der Waals surface area (Å²) in [5, 5.41) is 14.4. The third-order valence-electron chi connectivity index (χ3n) is 5.29. The maximum absolute atomic E-state index is 13.0. The van der Waals surface area contributed by atoms with Crippen molar-refractivity contribution in [2.75, 3.05) is 13.7 Å². The summed E-state index contributed by atoms with van der Waals surface area (Å²) in [6.07, 6.45) is -1.43. The lowest BCUT2D eigenvalue weighted by atomic mass is 10.0. The number of halogens is 4. The molecule has 1 aliphatic carbocycles. The van der Waals surface area contributed by atoms with Crippen LogP contribution in [0, 0.1) is 10.8 Å². The molecule has 0 aliphatic heterocycles. The molecule has 2 aromatic rings. The van der Waals surface area contributed by atoms with Gasteiger partial charge in [-0.15, -0.1) is 5.10 Å². The predicted molar refractivity (Wildman–Crippen MR) is 120 cm³/mol. The molecule has 3 rings (SSSR count). The molecule has 3 N–H and O–H groups in total. The van der Waals surface area contributed by atoms with E-state index >= 15 is 0 Å². The van der Waals surface area contributed by atoms with Gasteiger partial charge in [0.1, 0.15) is 5.15 Å². The molecule has 33 heavy (non-hydrogen) atoms. The Hall–Kier alpha value is -2.73. The van der Waals surface area contributed by atoms with E-state index in [0.717, 1.165) is 23.9 Å².